The smallest absolute Gasteiger partial charge is 0.325 e. The van der Waals surface area contributed by atoms with Crippen LogP contribution in [0.2, 0.25) is 0 Å². The number of benzene rings is 2. The van der Waals surface area contributed by atoms with Gasteiger partial charge in [0.1, 0.15) is 29.4 Å². The molecule has 1 fully saturated rings. The van der Waals surface area contributed by atoms with E-state index in [9.17, 15) is 9.18 Å². The van der Waals surface area contributed by atoms with E-state index in [1.54, 1.807) is 44.8 Å². The number of carbonyl (C=O) groups is 1. The minimum absolute atomic E-state index is 0.221. The van der Waals surface area contributed by atoms with Crippen LogP contribution >= 0.6 is 0 Å². The molecule has 1 aliphatic heterocycles. The summed E-state index contributed by atoms with van der Waals surface area (Å²) in [4.78, 5) is 24.6. The summed E-state index contributed by atoms with van der Waals surface area (Å²) in [5.74, 6) is -0.543. The maximum Gasteiger partial charge on any atom is 0.325 e. The Morgan fingerprint density at radius 1 is 1.09 bits per heavy atom. The molecule has 2 amide bonds. The molecule has 5 rings (SSSR count). The van der Waals surface area contributed by atoms with E-state index in [0.29, 0.717) is 40.9 Å². The third-order valence-corrected chi connectivity index (χ3v) is 6.14. The number of hydrogen-bond acceptors (Lipinski definition) is 4. The predicted molar refractivity (Wildman–Crippen MR) is 123 cm³/mol. The van der Waals surface area contributed by atoms with Gasteiger partial charge in [0.05, 0.1) is 18.0 Å². The van der Waals surface area contributed by atoms with Gasteiger partial charge in [0.2, 0.25) is 0 Å². The van der Waals surface area contributed by atoms with Crippen LogP contribution in [0, 0.1) is 11.6 Å². The molecule has 0 radical (unpaired) electrons. The lowest BCUT2D eigenvalue weighted by Crippen LogP contribution is -2.32. The molecule has 2 aromatic heterocycles. The molecule has 0 saturated carbocycles. The van der Waals surface area contributed by atoms with Gasteiger partial charge in [0.25, 0.3) is 0 Å². The lowest BCUT2D eigenvalue weighted by Gasteiger charge is -2.21. The Bertz CT molecular complexity index is 1370. The number of aryl methyl sites for hydroxylation is 1. The Morgan fingerprint density at radius 2 is 1.85 bits per heavy atom. The van der Waals surface area contributed by atoms with Crippen molar-refractivity contribution in [2.75, 3.05) is 23.7 Å². The molecule has 0 aliphatic carbocycles. The summed E-state index contributed by atoms with van der Waals surface area (Å²) < 4.78 is 30.5. The Hall–Kier alpha value is -4.01. The zero-order valence-corrected chi connectivity index (χ0v) is 18.2. The molecule has 2 aromatic carbocycles. The minimum atomic E-state index is -0.482. The Labute approximate surface area is 189 Å². The lowest BCUT2D eigenvalue weighted by atomic mass is 10.0. The van der Waals surface area contributed by atoms with Gasteiger partial charge in [-0.05, 0) is 42.8 Å². The molecule has 33 heavy (non-hydrogen) atoms. The maximum absolute atomic E-state index is 15.3. The number of urea groups is 1. The topological polar surface area (TPSA) is 80.3 Å². The summed E-state index contributed by atoms with van der Waals surface area (Å²) in [6, 6.07) is 10.4. The van der Waals surface area contributed by atoms with Gasteiger partial charge >= 0.3 is 6.03 Å². The standard InChI is InChI=1S/C24H22F2N6O/c1-3-31-20(14-4-6-15(25)7-5-14)12-32(24(31)33)16-8-9-17(19(26)10-16)18-11-30(2)23-21(18)22(27)28-13-29-23/h4-11,13,20H,3,12H2,1-2H3,(H2,27,28,29). The minimum Gasteiger partial charge on any atom is -0.383 e. The monoisotopic (exact) mass is 448 g/mol. The number of carbonyl (C=O) groups excluding carboxylic acids is 1. The molecule has 3 heterocycles. The van der Waals surface area contributed by atoms with Gasteiger partial charge in [0.15, 0.2) is 0 Å². The maximum atomic E-state index is 15.3. The average Bonchev–Trinajstić information content (AvgIpc) is 3.32. The van der Waals surface area contributed by atoms with E-state index in [1.807, 2.05) is 14.0 Å². The number of likely N-dealkylation sites (N-methyl/N-ethyl adjacent to an activating group) is 1. The molecule has 9 heteroatoms. The number of nitrogens with zero attached hydrogens (tertiary/aromatic N) is 5. The van der Waals surface area contributed by atoms with Gasteiger partial charge in [-0.3, -0.25) is 4.90 Å². The number of nitrogens with two attached hydrogens (primary N) is 1. The number of anilines is 2. The number of aromatic nitrogens is 3. The van der Waals surface area contributed by atoms with E-state index >= 15 is 4.39 Å². The highest BCUT2D eigenvalue weighted by Gasteiger charge is 2.38. The number of hydrogen-bond donors (Lipinski definition) is 1. The van der Waals surface area contributed by atoms with Crippen LogP contribution in [0.5, 0.6) is 0 Å². The molecule has 1 unspecified atom stereocenters. The second kappa shape index (κ2) is 7.84. The molecule has 1 saturated heterocycles. The van der Waals surface area contributed by atoms with Crippen molar-refractivity contribution in [1.82, 2.24) is 19.4 Å². The van der Waals surface area contributed by atoms with Gasteiger partial charge in [-0.15, -0.1) is 0 Å². The van der Waals surface area contributed by atoms with E-state index in [2.05, 4.69) is 9.97 Å². The molecule has 0 spiro atoms. The van der Waals surface area contributed by atoms with Gasteiger partial charge < -0.3 is 15.2 Å². The number of rotatable bonds is 4. The molecule has 7 nitrogen and oxygen atoms in total. The zero-order chi connectivity index (χ0) is 23.3. The third kappa shape index (κ3) is 3.36. The summed E-state index contributed by atoms with van der Waals surface area (Å²) in [7, 11) is 1.81. The number of halogens is 2. The van der Waals surface area contributed by atoms with Gasteiger partial charge in [0, 0.05) is 36.6 Å². The fraction of sp³-hybridized carbons (Fsp3) is 0.208. The van der Waals surface area contributed by atoms with Gasteiger partial charge in [-0.25, -0.2) is 23.5 Å². The van der Waals surface area contributed by atoms with Crippen molar-refractivity contribution in [1.29, 1.82) is 0 Å². The highest BCUT2D eigenvalue weighted by molar-refractivity contribution is 6.01. The molecule has 4 aromatic rings. The second-order valence-electron chi connectivity index (χ2n) is 8.02. The number of nitrogen functional groups attached to an aromatic ring is 1. The van der Waals surface area contributed by atoms with Crippen molar-refractivity contribution < 1.29 is 13.6 Å². The first-order valence-electron chi connectivity index (χ1n) is 10.6. The molecular formula is C24H22F2N6O. The highest BCUT2D eigenvalue weighted by atomic mass is 19.1. The SMILES string of the molecule is CCN1C(=O)N(c2ccc(-c3cn(C)c4ncnc(N)c34)c(F)c2)CC1c1ccc(F)cc1. The predicted octanol–water partition coefficient (Wildman–Crippen LogP) is 4.50. The fourth-order valence-corrected chi connectivity index (χ4v) is 4.51. The Balaban J connectivity index is 1.51. The van der Waals surface area contributed by atoms with E-state index in [4.69, 9.17) is 5.73 Å². The molecule has 1 atom stereocenters. The zero-order valence-electron chi connectivity index (χ0n) is 18.2. The van der Waals surface area contributed by atoms with Gasteiger partial charge in [-0.1, -0.05) is 12.1 Å². The van der Waals surface area contributed by atoms with E-state index in [-0.39, 0.29) is 23.7 Å². The normalized spacial score (nSPS) is 16.2. The summed E-state index contributed by atoms with van der Waals surface area (Å²) in [5, 5.41) is 0.581. The summed E-state index contributed by atoms with van der Waals surface area (Å²) in [6.45, 7) is 2.70. The quantitative estimate of drug-likeness (QED) is 0.499. The first-order chi connectivity index (χ1) is 15.9. The van der Waals surface area contributed by atoms with Crippen LogP contribution in [0.3, 0.4) is 0 Å². The van der Waals surface area contributed by atoms with E-state index < -0.39 is 5.82 Å². The third-order valence-electron chi connectivity index (χ3n) is 6.14. The summed E-state index contributed by atoms with van der Waals surface area (Å²) in [5.41, 5.74) is 8.87. The first kappa shape index (κ1) is 20.9. The van der Waals surface area contributed by atoms with Crippen LogP contribution in [-0.4, -0.2) is 38.6 Å². The average molecular weight is 448 g/mol. The van der Waals surface area contributed by atoms with Gasteiger partial charge in [-0.2, -0.15) is 0 Å². The van der Waals surface area contributed by atoms with Crippen LogP contribution in [0.1, 0.15) is 18.5 Å². The highest BCUT2D eigenvalue weighted by Crippen LogP contribution is 2.37. The van der Waals surface area contributed by atoms with Crippen LogP contribution in [0.25, 0.3) is 22.2 Å². The molecule has 168 valence electrons. The molecule has 1 aliphatic rings. The number of fused-ring (bicyclic) bond motifs is 1. The van der Waals surface area contributed by atoms with E-state index in [1.165, 1.54) is 24.5 Å². The van der Waals surface area contributed by atoms with Crippen LogP contribution in [0.4, 0.5) is 25.1 Å². The summed E-state index contributed by atoms with van der Waals surface area (Å²) >= 11 is 0. The van der Waals surface area contributed by atoms with Crippen molar-refractivity contribution in [3.63, 3.8) is 0 Å². The Kier molecular flexibility index (Phi) is 4.96. The fourth-order valence-electron chi connectivity index (χ4n) is 4.51. The summed E-state index contributed by atoms with van der Waals surface area (Å²) in [6.07, 6.45) is 3.13. The molecule has 2 N–H and O–H groups in total. The van der Waals surface area contributed by atoms with Crippen LogP contribution < -0.4 is 10.6 Å². The second-order valence-corrected chi connectivity index (χ2v) is 8.02. The number of amides is 2. The van der Waals surface area contributed by atoms with E-state index in [0.717, 1.165) is 5.56 Å². The van der Waals surface area contributed by atoms with Crippen molar-refractivity contribution in [3.8, 4) is 11.1 Å². The van der Waals surface area contributed by atoms with Crippen molar-refractivity contribution >= 4 is 28.6 Å². The molecular weight excluding hydrogens is 426 g/mol. The first-order valence-corrected chi connectivity index (χ1v) is 10.6. The van der Waals surface area contributed by atoms with Crippen molar-refractivity contribution in [2.24, 2.45) is 7.05 Å². The largest absolute Gasteiger partial charge is 0.383 e. The molecule has 0 bridgehead atoms. The van der Waals surface area contributed by atoms with Crippen LogP contribution in [0.15, 0.2) is 55.0 Å². The lowest BCUT2D eigenvalue weighted by molar-refractivity contribution is 0.209. The van der Waals surface area contributed by atoms with Crippen molar-refractivity contribution in [3.05, 3.63) is 72.2 Å². The van der Waals surface area contributed by atoms with Crippen LogP contribution in [-0.2, 0) is 7.05 Å². The van der Waals surface area contributed by atoms with Crippen molar-refractivity contribution in [2.45, 2.75) is 13.0 Å². The Morgan fingerprint density at radius 3 is 2.55 bits per heavy atom.